The molecule has 2 amide bonds. The maximum absolute atomic E-state index is 13.0. The number of allylic oxidation sites excluding steroid dienone is 2. The standard InChI is InChI=1S/C26H30N6O3/c1-17-8-9-19(29-25(33)23(28-2)21(15-27)26(34)31-11-5-12-31)10-13-32-16-22(30-24(17)32)18-6-4-7-20(14-18)35-3/h4,6-7,9-10,13-17,21,27H,5,8,11-12H2,1-3H3,(H,29,33)/b13-10-,19-9?,27-15?,28-23?. The van der Waals surface area contributed by atoms with Gasteiger partial charge in [0.15, 0.2) is 0 Å². The molecular weight excluding hydrogens is 444 g/mol. The van der Waals surface area contributed by atoms with Crippen molar-refractivity contribution in [3.8, 4) is 17.0 Å². The van der Waals surface area contributed by atoms with E-state index in [-0.39, 0.29) is 17.5 Å². The number of likely N-dealkylation sites (tertiary alicyclic amines) is 1. The predicted molar refractivity (Wildman–Crippen MR) is 136 cm³/mol. The Hall–Kier alpha value is -4.01. The molecule has 2 aromatic rings. The molecule has 2 aliphatic rings. The van der Waals surface area contributed by atoms with Gasteiger partial charge in [-0.15, -0.1) is 0 Å². The Morgan fingerprint density at radius 1 is 1.34 bits per heavy atom. The van der Waals surface area contributed by atoms with Gasteiger partial charge in [-0.2, -0.15) is 0 Å². The number of fused-ring (bicyclic) bond motifs is 1. The summed E-state index contributed by atoms with van der Waals surface area (Å²) in [6, 6.07) is 7.76. The lowest BCUT2D eigenvalue weighted by atomic mass is 9.99. The predicted octanol–water partition coefficient (Wildman–Crippen LogP) is 3.11. The molecule has 9 nitrogen and oxygen atoms in total. The molecule has 0 spiro atoms. The number of hydrogen-bond acceptors (Lipinski definition) is 6. The van der Waals surface area contributed by atoms with E-state index >= 15 is 0 Å². The van der Waals surface area contributed by atoms with E-state index in [4.69, 9.17) is 15.1 Å². The average Bonchev–Trinajstić information content (AvgIpc) is 3.25. The Morgan fingerprint density at radius 3 is 2.80 bits per heavy atom. The van der Waals surface area contributed by atoms with E-state index in [2.05, 4.69) is 17.2 Å². The van der Waals surface area contributed by atoms with Crippen LogP contribution < -0.4 is 10.1 Å². The van der Waals surface area contributed by atoms with E-state index in [1.54, 1.807) is 18.1 Å². The van der Waals surface area contributed by atoms with Crippen LogP contribution in [-0.4, -0.2) is 65.4 Å². The van der Waals surface area contributed by atoms with Gasteiger partial charge in [0, 0.05) is 55.9 Å². The highest BCUT2D eigenvalue weighted by Crippen LogP contribution is 2.28. The Morgan fingerprint density at radius 2 is 2.14 bits per heavy atom. The van der Waals surface area contributed by atoms with E-state index in [1.807, 2.05) is 47.3 Å². The zero-order chi connectivity index (χ0) is 24.9. The monoisotopic (exact) mass is 474 g/mol. The van der Waals surface area contributed by atoms with E-state index in [9.17, 15) is 9.59 Å². The van der Waals surface area contributed by atoms with Gasteiger partial charge in [-0.25, -0.2) is 4.98 Å². The number of ether oxygens (including phenoxy) is 1. The number of imidazole rings is 1. The van der Waals surface area contributed by atoms with Gasteiger partial charge < -0.3 is 24.9 Å². The first-order chi connectivity index (χ1) is 16.9. The number of rotatable bonds is 7. The summed E-state index contributed by atoms with van der Waals surface area (Å²) in [7, 11) is 3.11. The van der Waals surface area contributed by atoms with E-state index < -0.39 is 11.8 Å². The summed E-state index contributed by atoms with van der Waals surface area (Å²) in [6.07, 6.45) is 10.1. The van der Waals surface area contributed by atoms with Crippen LogP contribution >= 0.6 is 0 Å². The van der Waals surface area contributed by atoms with Gasteiger partial charge in [0.2, 0.25) is 5.91 Å². The number of nitrogens with one attached hydrogen (secondary N) is 2. The molecule has 2 aliphatic heterocycles. The molecule has 2 unspecified atom stereocenters. The lowest BCUT2D eigenvalue weighted by Crippen LogP contribution is -2.50. The van der Waals surface area contributed by atoms with Crippen molar-refractivity contribution in [3.63, 3.8) is 0 Å². The van der Waals surface area contributed by atoms with Gasteiger partial charge in [-0.05, 0) is 31.1 Å². The molecule has 2 atom stereocenters. The fraction of sp³-hybridized carbons (Fsp3) is 0.346. The van der Waals surface area contributed by atoms with Gasteiger partial charge >= 0.3 is 0 Å². The van der Waals surface area contributed by atoms with E-state index in [1.165, 1.54) is 7.05 Å². The molecule has 182 valence electrons. The number of carbonyl (C=O) groups is 2. The first-order valence-electron chi connectivity index (χ1n) is 11.6. The molecule has 1 fully saturated rings. The summed E-state index contributed by atoms with van der Waals surface area (Å²) in [5.41, 5.74) is 2.43. The van der Waals surface area contributed by atoms with Crippen LogP contribution in [0.2, 0.25) is 0 Å². The molecule has 4 rings (SSSR count). The van der Waals surface area contributed by atoms with Crippen LogP contribution in [0.25, 0.3) is 17.5 Å². The second-order valence-corrected chi connectivity index (χ2v) is 8.62. The van der Waals surface area contributed by atoms with Gasteiger partial charge in [0.05, 0.1) is 12.8 Å². The number of benzene rings is 1. The molecule has 35 heavy (non-hydrogen) atoms. The summed E-state index contributed by atoms with van der Waals surface area (Å²) in [5.74, 6) is 0.0617. The number of methoxy groups -OCH3 is 1. The minimum absolute atomic E-state index is 0.0324. The summed E-state index contributed by atoms with van der Waals surface area (Å²) in [6.45, 7) is 3.39. The minimum atomic E-state index is -0.983. The first-order valence-corrected chi connectivity index (χ1v) is 11.6. The zero-order valence-electron chi connectivity index (χ0n) is 20.2. The van der Waals surface area contributed by atoms with Gasteiger partial charge in [0.25, 0.3) is 5.91 Å². The second-order valence-electron chi connectivity index (χ2n) is 8.62. The largest absolute Gasteiger partial charge is 0.497 e. The fourth-order valence-electron chi connectivity index (χ4n) is 4.12. The Labute approximate surface area is 204 Å². The van der Waals surface area contributed by atoms with Crippen LogP contribution in [0, 0.1) is 11.3 Å². The molecule has 1 aromatic carbocycles. The van der Waals surface area contributed by atoms with Crippen LogP contribution in [0.4, 0.5) is 0 Å². The third kappa shape index (κ3) is 5.08. The number of nitrogens with zero attached hydrogens (tertiary/aromatic N) is 4. The highest BCUT2D eigenvalue weighted by atomic mass is 16.5. The Balaban J connectivity index is 1.53. The van der Waals surface area contributed by atoms with Crippen LogP contribution in [0.5, 0.6) is 5.75 Å². The molecule has 3 heterocycles. The summed E-state index contributed by atoms with van der Waals surface area (Å²) in [4.78, 5) is 36.2. The SMILES string of the molecule is CN=C(C(=O)NC1=CCC(C)c2nc(-c3cccc(OC)c3)cn2/C=C\1)C(C=N)C(=O)N1CCC1. The first kappa shape index (κ1) is 24.1. The van der Waals surface area contributed by atoms with Crippen molar-refractivity contribution in [1.82, 2.24) is 19.8 Å². The molecule has 0 radical (unpaired) electrons. The smallest absolute Gasteiger partial charge is 0.270 e. The summed E-state index contributed by atoms with van der Waals surface area (Å²) < 4.78 is 7.30. The van der Waals surface area contributed by atoms with Crippen molar-refractivity contribution in [2.24, 2.45) is 10.9 Å². The maximum Gasteiger partial charge on any atom is 0.270 e. The van der Waals surface area contributed by atoms with Gasteiger partial charge in [0.1, 0.15) is 23.2 Å². The third-order valence-corrected chi connectivity index (χ3v) is 6.30. The quantitative estimate of drug-likeness (QED) is 0.601. The zero-order valence-corrected chi connectivity index (χ0v) is 20.2. The maximum atomic E-state index is 13.0. The summed E-state index contributed by atoms with van der Waals surface area (Å²) in [5, 5.41) is 10.6. The highest BCUT2D eigenvalue weighted by Gasteiger charge is 2.33. The fourth-order valence-corrected chi connectivity index (χ4v) is 4.12. The normalized spacial score (nSPS) is 19.3. The van der Waals surface area contributed by atoms with Crippen LogP contribution in [0.3, 0.4) is 0 Å². The topological polar surface area (TPSA) is 113 Å². The van der Waals surface area contributed by atoms with Crippen molar-refractivity contribution < 1.29 is 14.3 Å². The second kappa shape index (κ2) is 10.5. The molecule has 9 heteroatoms. The third-order valence-electron chi connectivity index (χ3n) is 6.30. The average molecular weight is 475 g/mol. The van der Waals surface area contributed by atoms with Crippen molar-refractivity contribution in [1.29, 1.82) is 5.41 Å². The van der Waals surface area contributed by atoms with Crippen molar-refractivity contribution in [2.45, 2.75) is 25.7 Å². The van der Waals surface area contributed by atoms with Crippen LogP contribution in [0.15, 0.2) is 53.3 Å². The van der Waals surface area contributed by atoms with Gasteiger partial charge in [-0.3, -0.25) is 14.6 Å². The molecule has 1 aromatic heterocycles. The van der Waals surface area contributed by atoms with Gasteiger partial charge in [-0.1, -0.05) is 25.1 Å². The number of carbonyl (C=O) groups excluding carboxylic acids is 2. The molecule has 1 saturated heterocycles. The van der Waals surface area contributed by atoms with Crippen LogP contribution in [-0.2, 0) is 9.59 Å². The van der Waals surface area contributed by atoms with Crippen molar-refractivity contribution in [3.05, 3.63) is 54.1 Å². The van der Waals surface area contributed by atoms with Crippen molar-refractivity contribution in [2.75, 3.05) is 27.2 Å². The number of hydrogen-bond donors (Lipinski definition) is 2. The number of aromatic nitrogens is 2. The molecule has 0 saturated carbocycles. The van der Waals surface area contributed by atoms with E-state index in [0.717, 1.165) is 35.5 Å². The minimum Gasteiger partial charge on any atom is -0.497 e. The molecule has 2 N–H and O–H groups in total. The summed E-state index contributed by atoms with van der Waals surface area (Å²) >= 11 is 0. The number of amides is 2. The Bertz CT molecular complexity index is 1220. The molecule has 0 aliphatic carbocycles. The Kier molecular flexibility index (Phi) is 7.24. The lowest BCUT2D eigenvalue weighted by Gasteiger charge is -2.33. The molecular formula is C26H30N6O3. The lowest BCUT2D eigenvalue weighted by molar-refractivity contribution is -0.135. The highest BCUT2D eigenvalue weighted by molar-refractivity contribution is 6.46. The van der Waals surface area contributed by atoms with Crippen molar-refractivity contribution >= 4 is 29.9 Å². The van der Waals surface area contributed by atoms with E-state index in [0.29, 0.717) is 25.2 Å². The number of aliphatic imine (C=N–C) groups is 1. The molecule has 0 bridgehead atoms. The van der Waals surface area contributed by atoms with Crippen LogP contribution in [0.1, 0.15) is 31.5 Å².